The van der Waals surface area contributed by atoms with Crippen LogP contribution in [0.4, 0.5) is 29.5 Å². The average Bonchev–Trinajstić information content (AvgIpc) is 3.31. The number of pyridine rings is 1. The molecule has 0 aliphatic carbocycles. The van der Waals surface area contributed by atoms with Crippen LogP contribution in [0, 0.1) is 0 Å². The number of methoxy groups -OCH3 is 1. The van der Waals surface area contributed by atoms with Crippen molar-refractivity contribution in [3.63, 3.8) is 0 Å². The summed E-state index contributed by atoms with van der Waals surface area (Å²) in [6.45, 7) is -1.27. The van der Waals surface area contributed by atoms with Crippen molar-refractivity contribution in [1.82, 2.24) is 19.3 Å². The lowest BCUT2D eigenvalue weighted by Crippen LogP contribution is -2.17. The molecule has 0 saturated carbocycles. The molecule has 0 saturated heterocycles. The first-order chi connectivity index (χ1) is 14.7. The van der Waals surface area contributed by atoms with E-state index in [0.717, 1.165) is 10.8 Å². The fourth-order valence-corrected chi connectivity index (χ4v) is 3.24. The first-order valence-electron chi connectivity index (χ1n) is 8.99. The monoisotopic (exact) mass is 431 g/mol. The van der Waals surface area contributed by atoms with Crippen LogP contribution >= 0.6 is 0 Å². The number of aromatic nitrogens is 4. The van der Waals surface area contributed by atoms with Gasteiger partial charge in [-0.2, -0.15) is 18.3 Å². The number of halogens is 3. The van der Waals surface area contributed by atoms with Crippen molar-refractivity contribution in [2.45, 2.75) is 12.7 Å². The number of para-hydroxylation sites is 2. The van der Waals surface area contributed by atoms with E-state index in [4.69, 9.17) is 4.74 Å². The number of nitrogens with one attached hydrogen (secondary N) is 1. The molecule has 11 heteroatoms. The Morgan fingerprint density at radius 2 is 2.00 bits per heavy atom. The number of nitrogens with zero attached hydrogens (tertiary/aromatic N) is 4. The van der Waals surface area contributed by atoms with Gasteiger partial charge in [-0.25, -0.2) is 14.3 Å². The maximum Gasteiger partial charge on any atom is 0.416 e. The van der Waals surface area contributed by atoms with Gasteiger partial charge in [-0.3, -0.25) is 4.68 Å². The Balaban J connectivity index is 1.75. The van der Waals surface area contributed by atoms with Crippen molar-refractivity contribution in [2.75, 3.05) is 12.4 Å². The number of hydrogen-bond donors (Lipinski definition) is 2. The summed E-state index contributed by atoms with van der Waals surface area (Å²) in [6.07, 6.45) is -1.89. The number of carboxylic acid groups (broad SMARTS) is 1. The first-order valence-corrected chi connectivity index (χ1v) is 8.99. The molecule has 3 aromatic heterocycles. The van der Waals surface area contributed by atoms with Crippen molar-refractivity contribution >= 4 is 28.5 Å². The summed E-state index contributed by atoms with van der Waals surface area (Å²) in [7, 11) is 1.53. The molecule has 0 aliphatic heterocycles. The van der Waals surface area contributed by atoms with Crippen molar-refractivity contribution in [3.8, 4) is 17.0 Å². The van der Waals surface area contributed by atoms with Crippen LogP contribution in [0.2, 0.25) is 0 Å². The van der Waals surface area contributed by atoms with E-state index in [2.05, 4.69) is 15.4 Å². The van der Waals surface area contributed by atoms with Gasteiger partial charge in [-0.15, -0.1) is 0 Å². The maximum atomic E-state index is 12.6. The second kappa shape index (κ2) is 7.67. The van der Waals surface area contributed by atoms with Gasteiger partial charge in [0, 0.05) is 29.4 Å². The smallest absolute Gasteiger partial charge is 0.416 e. The Morgan fingerprint density at radius 1 is 1.23 bits per heavy atom. The molecule has 31 heavy (non-hydrogen) atoms. The van der Waals surface area contributed by atoms with E-state index in [0.29, 0.717) is 32.8 Å². The molecule has 160 valence electrons. The molecule has 2 N–H and O–H groups in total. The van der Waals surface area contributed by atoms with E-state index in [1.165, 1.54) is 25.6 Å². The Bertz CT molecular complexity index is 1260. The third-order valence-corrected chi connectivity index (χ3v) is 4.52. The lowest BCUT2D eigenvalue weighted by Gasteiger charge is -2.10. The fourth-order valence-electron chi connectivity index (χ4n) is 3.24. The second-order valence-corrected chi connectivity index (χ2v) is 6.64. The molecule has 8 nitrogen and oxygen atoms in total. The van der Waals surface area contributed by atoms with E-state index >= 15 is 0 Å². The van der Waals surface area contributed by atoms with Crippen LogP contribution in [0.15, 0.2) is 55.0 Å². The Labute approximate surface area is 173 Å². The minimum atomic E-state index is -4.44. The van der Waals surface area contributed by atoms with Gasteiger partial charge in [0.25, 0.3) is 0 Å². The minimum Gasteiger partial charge on any atom is -0.495 e. The zero-order chi connectivity index (χ0) is 22.2. The third kappa shape index (κ3) is 4.15. The van der Waals surface area contributed by atoms with Gasteiger partial charge >= 0.3 is 12.3 Å². The normalized spacial score (nSPS) is 11.6. The second-order valence-electron chi connectivity index (χ2n) is 6.64. The van der Waals surface area contributed by atoms with Crippen molar-refractivity contribution in [2.24, 2.45) is 0 Å². The molecule has 0 unspecified atom stereocenters. The highest BCUT2D eigenvalue weighted by Crippen LogP contribution is 2.31. The number of carbonyl (C=O) groups is 1. The molecule has 3 heterocycles. The minimum absolute atomic E-state index is 0.187. The van der Waals surface area contributed by atoms with Crippen molar-refractivity contribution < 1.29 is 27.8 Å². The number of fused-ring (bicyclic) bond motifs is 1. The molecule has 0 fully saturated rings. The molecule has 4 rings (SSSR count). The lowest BCUT2D eigenvalue weighted by molar-refractivity contribution is -0.142. The van der Waals surface area contributed by atoms with Gasteiger partial charge in [-0.05, 0) is 18.2 Å². The van der Waals surface area contributed by atoms with Gasteiger partial charge in [-0.1, -0.05) is 12.1 Å². The zero-order valence-electron chi connectivity index (χ0n) is 16.1. The number of rotatable bonds is 5. The van der Waals surface area contributed by atoms with Crippen LogP contribution in [-0.4, -0.2) is 43.8 Å². The van der Waals surface area contributed by atoms with E-state index in [1.54, 1.807) is 30.3 Å². The number of ether oxygens (including phenoxy) is 1. The average molecular weight is 431 g/mol. The van der Waals surface area contributed by atoms with Crippen LogP contribution < -0.4 is 10.1 Å². The molecule has 0 atom stereocenters. The van der Waals surface area contributed by atoms with Crippen molar-refractivity contribution in [1.29, 1.82) is 0 Å². The summed E-state index contributed by atoms with van der Waals surface area (Å²) in [4.78, 5) is 16.3. The van der Waals surface area contributed by atoms with Gasteiger partial charge in [0.05, 0.1) is 30.2 Å². The predicted octanol–water partition coefficient (Wildman–Crippen LogP) is 4.74. The SMILES string of the molecule is COc1ccccc1Nc1cc2c(cn1)cc(-c1cnn(CC(F)(F)F)c1)n2C(=O)O. The molecule has 1 aromatic carbocycles. The Hall–Kier alpha value is -4.02. The van der Waals surface area contributed by atoms with Crippen LogP contribution in [0.25, 0.3) is 22.2 Å². The summed E-state index contributed by atoms with van der Waals surface area (Å²) in [5, 5.41) is 17.0. The predicted molar refractivity (Wildman–Crippen MR) is 107 cm³/mol. The molecule has 0 radical (unpaired) electrons. The number of hydrogen-bond acceptors (Lipinski definition) is 5. The quantitative estimate of drug-likeness (QED) is 0.474. The summed E-state index contributed by atoms with van der Waals surface area (Å²) >= 11 is 0. The third-order valence-electron chi connectivity index (χ3n) is 4.52. The zero-order valence-corrected chi connectivity index (χ0v) is 16.1. The Kier molecular flexibility index (Phi) is 5.01. The van der Waals surface area contributed by atoms with Gasteiger partial charge in [0.15, 0.2) is 0 Å². The summed E-state index contributed by atoms with van der Waals surface area (Å²) in [5.41, 5.74) is 1.38. The van der Waals surface area contributed by atoms with Crippen molar-refractivity contribution in [3.05, 3.63) is 55.0 Å². The van der Waals surface area contributed by atoms with Crippen LogP contribution in [0.1, 0.15) is 0 Å². The van der Waals surface area contributed by atoms with E-state index in [-0.39, 0.29) is 11.3 Å². The summed E-state index contributed by atoms with van der Waals surface area (Å²) in [6, 6.07) is 10.2. The summed E-state index contributed by atoms with van der Waals surface area (Å²) in [5.74, 6) is 0.952. The molecule has 4 aromatic rings. The fraction of sp³-hybridized carbons (Fsp3) is 0.150. The highest BCUT2D eigenvalue weighted by Gasteiger charge is 2.28. The first kappa shape index (κ1) is 20.3. The van der Waals surface area contributed by atoms with Crippen LogP contribution in [0.3, 0.4) is 0 Å². The van der Waals surface area contributed by atoms with Crippen LogP contribution in [-0.2, 0) is 6.54 Å². The highest BCUT2D eigenvalue weighted by atomic mass is 19.4. The molecule has 0 spiro atoms. The van der Waals surface area contributed by atoms with Crippen LogP contribution in [0.5, 0.6) is 5.75 Å². The summed E-state index contributed by atoms with van der Waals surface area (Å²) < 4.78 is 44.8. The van der Waals surface area contributed by atoms with E-state index < -0.39 is 18.8 Å². The molecule has 0 amide bonds. The number of alkyl halides is 3. The molecular weight excluding hydrogens is 415 g/mol. The number of benzene rings is 1. The molecular formula is C20H16F3N5O3. The standard InChI is InChI=1S/C20H16F3N5O3/c1-31-17-5-3-2-4-14(17)26-18-7-16-12(8-24-18)6-15(28(16)19(29)30)13-9-25-27(10-13)11-20(21,22)23/h2-10H,11H2,1H3,(H,24,26)(H,29,30). The van der Waals surface area contributed by atoms with E-state index in [1.807, 2.05) is 0 Å². The number of anilines is 2. The highest BCUT2D eigenvalue weighted by molar-refractivity contribution is 5.96. The molecule has 0 aliphatic rings. The largest absolute Gasteiger partial charge is 0.495 e. The Morgan fingerprint density at radius 3 is 2.71 bits per heavy atom. The molecule has 0 bridgehead atoms. The van der Waals surface area contributed by atoms with Gasteiger partial charge in [0.1, 0.15) is 18.1 Å². The van der Waals surface area contributed by atoms with E-state index in [9.17, 15) is 23.1 Å². The lowest BCUT2D eigenvalue weighted by atomic mass is 10.2. The van der Waals surface area contributed by atoms with Gasteiger partial charge in [0.2, 0.25) is 0 Å². The van der Waals surface area contributed by atoms with Gasteiger partial charge < -0.3 is 15.2 Å². The maximum absolute atomic E-state index is 12.6. The topological polar surface area (TPSA) is 94.2 Å².